The fourth-order valence-electron chi connectivity index (χ4n) is 1.57. The molecule has 0 unspecified atom stereocenters. The number of amides is 1. The summed E-state index contributed by atoms with van der Waals surface area (Å²) in [4.78, 5) is 13.7. The Kier molecular flexibility index (Phi) is 3.05. The van der Waals surface area contributed by atoms with Crippen molar-refractivity contribution in [3.63, 3.8) is 0 Å². The van der Waals surface area contributed by atoms with Crippen molar-refractivity contribution < 1.29 is 4.79 Å². The van der Waals surface area contributed by atoms with Gasteiger partial charge >= 0.3 is 0 Å². The van der Waals surface area contributed by atoms with Gasteiger partial charge in [0.1, 0.15) is 0 Å². The summed E-state index contributed by atoms with van der Waals surface area (Å²) in [5.41, 5.74) is 1.57. The van der Waals surface area contributed by atoms with Crippen molar-refractivity contribution in [3.05, 3.63) is 54.3 Å². The number of benzene rings is 1. The highest BCUT2D eigenvalue weighted by molar-refractivity contribution is 6.07. The molecule has 1 aliphatic rings. The quantitative estimate of drug-likeness (QED) is 0.812. The van der Waals surface area contributed by atoms with E-state index in [-0.39, 0.29) is 5.91 Å². The summed E-state index contributed by atoms with van der Waals surface area (Å²) in [6.45, 7) is 0.784. The Morgan fingerprint density at radius 2 is 2.06 bits per heavy atom. The van der Waals surface area contributed by atoms with Crippen molar-refractivity contribution in [2.24, 2.45) is 0 Å². The summed E-state index contributed by atoms with van der Waals surface area (Å²) in [5.74, 6) is -0.00495. The third-order valence-corrected chi connectivity index (χ3v) is 2.49. The van der Waals surface area contributed by atoms with Crippen molar-refractivity contribution in [2.75, 3.05) is 18.5 Å². The van der Waals surface area contributed by atoms with E-state index < -0.39 is 0 Å². The van der Waals surface area contributed by atoms with Gasteiger partial charge in [-0.25, -0.2) is 0 Å². The molecule has 0 bridgehead atoms. The molecule has 0 atom stereocenters. The van der Waals surface area contributed by atoms with Gasteiger partial charge in [-0.2, -0.15) is 0 Å². The van der Waals surface area contributed by atoms with E-state index in [1.54, 1.807) is 18.1 Å². The van der Waals surface area contributed by atoms with Gasteiger partial charge in [-0.15, -0.1) is 0 Å². The average Bonchev–Trinajstić information content (AvgIpc) is 2.39. The number of carbonyl (C=O) groups is 1. The molecular weight excluding hydrogens is 200 g/mol. The summed E-state index contributed by atoms with van der Waals surface area (Å²) in [6, 6.07) is 9.60. The van der Waals surface area contributed by atoms with Crippen LogP contribution in [0, 0.1) is 0 Å². The SMILES string of the molecule is CN(C(=O)C1=CNCC=C1)c1ccccc1. The topological polar surface area (TPSA) is 32.3 Å². The summed E-state index contributed by atoms with van der Waals surface area (Å²) < 4.78 is 0. The zero-order chi connectivity index (χ0) is 11.4. The number of nitrogens with zero attached hydrogens (tertiary/aromatic N) is 1. The zero-order valence-corrected chi connectivity index (χ0v) is 9.18. The maximum atomic E-state index is 12.1. The monoisotopic (exact) mass is 214 g/mol. The van der Waals surface area contributed by atoms with Crippen LogP contribution in [-0.4, -0.2) is 19.5 Å². The van der Waals surface area contributed by atoms with Crippen LogP contribution in [-0.2, 0) is 4.79 Å². The molecule has 3 heteroatoms. The summed E-state index contributed by atoms with van der Waals surface area (Å²) in [7, 11) is 1.78. The second kappa shape index (κ2) is 4.66. The van der Waals surface area contributed by atoms with Crippen molar-refractivity contribution in [1.29, 1.82) is 0 Å². The van der Waals surface area contributed by atoms with Crippen LogP contribution in [0.2, 0.25) is 0 Å². The Balaban J connectivity index is 2.16. The van der Waals surface area contributed by atoms with Crippen LogP contribution in [0.1, 0.15) is 0 Å². The van der Waals surface area contributed by atoms with E-state index in [0.717, 1.165) is 12.2 Å². The van der Waals surface area contributed by atoms with Crippen LogP contribution >= 0.6 is 0 Å². The van der Waals surface area contributed by atoms with Gasteiger partial charge in [0.2, 0.25) is 0 Å². The van der Waals surface area contributed by atoms with E-state index in [4.69, 9.17) is 0 Å². The Morgan fingerprint density at radius 1 is 1.31 bits per heavy atom. The fraction of sp³-hybridized carbons (Fsp3) is 0.154. The smallest absolute Gasteiger partial charge is 0.259 e. The number of hydrogen-bond acceptors (Lipinski definition) is 2. The zero-order valence-electron chi connectivity index (χ0n) is 9.18. The van der Waals surface area contributed by atoms with Gasteiger partial charge in [0, 0.05) is 25.5 Å². The van der Waals surface area contributed by atoms with Gasteiger partial charge in [0.25, 0.3) is 5.91 Å². The van der Waals surface area contributed by atoms with Gasteiger partial charge in [-0.1, -0.05) is 30.4 Å². The van der Waals surface area contributed by atoms with E-state index in [9.17, 15) is 4.79 Å². The lowest BCUT2D eigenvalue weighted by molar-refractivity contribution is -0.114. The first-order valence-electron chi connectivity index (χ1n) is 5.22. The molecule has 0 aliphatic carbocycles. The minimum absolute atomic E-state index is 0.00495. The van der Waals surface area contributed by atoms with Crippen LogP contribution in [0.15, 0.2) is 54.3 Å². The normalized spacial score (nSPS) is 13.9. The molecule has 3 nitrogen and oxygen atoms in total. The summed E-state index contributed by atoms with van der Waals surface area (Å²) in [5, 5.41) is 3.03. The number of nitrogens with one attached hydrogen (secondary N) is 1. The number of para-hydroxylation sites is 1. The lowest BCUT2D eigenvalue weighted by Gasteiger charge is -2.19. The number of rotatable bonds is 2. The molecule has 0 aromatic heterocycles. The Morgan fingerprint density at radius 3 is 2.69 bits per heavy atom. The number of anilines is 1. The molecule has 0 radical (unpaired) electrons. The molecule has 1 heterocycles. The molecule has 1 aliphatic heterocycles. The predicted molar refractivity (Wildman–Crippen MR) is 65.1 cm³/mol. The van der Waals surface area contributed by atoms with Crippen LogP contribution in [0.4, 0.5) is 5.69 Å². The Labute approximate surface area is 95.1 Å². The third-order valence-electron chi connectivity index (χ3n) is 2.49. The van der Waals surface area contributed by atoms with Crippen molar-refractivity contribution >= 4 is 11.6 Å². The standard InChI is InChI=1S/C13H14N2O/c1-15(12-7-3-2-4-8-12)13(16)11-6-5-9-14-10-11/h2-8,10,14H,9H2,1H3. The van der Waals surface area contributed by atoms with Crippen LogP contribution in [0.3, 0.4) is 0 Å². The summed E-state index contributed by atoms with van der Waals surface area (Å²) in [6.07, 6.45) is 5.53. The second-order valence-corrected chi connectivity index (χ2v) is 3.61. The number of dihydropyridines is 1. The second-order valence-electron chi connectivity index (χ2n) is 3.61. The molecule has 16 heavy (non-hydrogen) atoms. The first-order chi connectivity index (χ1) is 7.79. The Bertz CT molecular complexity index is 435. The van der Waals surface area contributed by atoms with Crippen LogP contribution < -0.4 is 10.2 Å². The van der Waals surface area contributed by atoms with Crippen molar-refractivity contribution in [3.8, 4) is 0 Å². The molecule has 1 amide bonds. The molecule has 0 spiro atoms. The first kappa shape index (κ1) is 10.5. The molecular formula is C13H14N2O. The van der Waals surface area contributed by atoms with E-state index in [1.807, 2.05) is 42.5 Å². The number of likely N-dealkylation sites (N-methyl/N-ethyl adjacent to an activating group) is 1. The van der Waals surface area contributed by atoms with Gasteiger partial charge in [-0.3, -0.25) is 4.79 Å². The molecule has 82 valence electrons. The molecule has 0 saturated carbocycles. The maximum absolute atomic E-state index is 12.1. The highest BCUT2D eigenvalue weighted by atomic mass is 16.2. The first-order valence-corrected chi connectivity index (χ1v) is 5.22. The van der Waals surface area contributed by atoms with Gasteiger partial charge in [-0.05, 0) is 12.1 Å². The minimum Gasteiger partial charge on any atom is -0.387 e. The van der Waals surface area contributed by atoms with Crippen molar-refractivity contribution in [1.82, 2.24) is 5.32 Å². The minimum atomic E-state index is -0.00495. The predicted octanol–water partition coefficient (Wildman–Crippen LogP) is 1.69. The fourth-order valence-corrected chi connectivity index (χ4v) is 1.57. The Hall–Kier alpha value is -2.03. The largest absolute Gasteiger partial charge is 0.387 e. The van der Waals surface area contributed by atoms with E-state index in [1.165, 1.54) is 0 Å². The number of carbonyl (C=O) groups excluding carboxylic acids is 1. The van der Waals surface area contributed by atoms with E-state index in [0.29, 0.717) is 5.57 Å². The highest BCUT2D eigenvalue weighted by Gasteiger charge is 2.14. The molecule has 0 saturated heterocycles. The molecule has 2 rings (SSSR count). The molecule has 1 aromatic rings. The van der Waals surface area contributed by atoms with E-state index >= 15 is 0 Å². The van der Waals surface area contributed by atoms with Gasteiger partial charge in [0.05, 0.1) is 5.57 Å². The van der Waals surface area contributed by atoms with Gasteiger partial charge in [0.15, 0.2) is 0 Å². The molecule has 0 fully saturated rings. The molecule has 1 aromatic carbocycles. The highest BCUT2D eigenvalue weighted by Crippen LogP contribution is 2.14. The number of hydrogen-bond donors (Lipinski definition) is 1. The maximum Gasteiger partial charge on any atom is 0.259 e. The molecule has 1 N–H and O–H groups in total. The van der Waals surface area contributed by atoms with Gasteiger partial charge < -0.3 is 10.2 Å². The summed E-state index contributed by atoms with van der Waals surface area (Å²) >= 11 is 0. The van der Waals surface area contributed by atoms with Crippen LogP contribution in [0.25, 0.3) is 0 Å². The van der Waals surface area contributed by atoms with E-state index in [2.05, 4.69) is 5.32 Å². The third kappa shape index (κ3) is 2.14. The van der Waals surface area contributed by atoms with Crippen molar-refractivity contribution in [2.45, 2.75) is 0 Å². The average molecular weight is 214 g/mol. The lowest BCUT2D eigenvalue weighted by Crippen LogP contribution is -2.29. The lowest BCUT2D eigenvalue weighted by atomic mass is 10.2. The van der Waals surface area contributed by atoms with Crippen LogP contribution in [0.5, 0.6) is 0 Å².